The summed E-state index contributed by atoms with van der Waals surface area (Å²) < 4.78 is 46.2. The molecule has 0 radical (unpaired) electrons. The van der Waals surface area contributed by atoms with Crippen molar-refractivity contribution in [1.29, 1.82) is 0 Å². The molecular weight excluding hydrogens is 396 g/mol. The Kier molecular flexibility index (Phi) is 8.70. The number of benzene rings is 2. The van der Waals surface area contributed by atoms with Gasteiger partial charge in [0.1, 0.15) is 5.75 Å². The van der Waals surface area contributed by atoms with E-state index in [-0.39, 0.29) is 11.7 Å². The Morgan fingerprint density at radius 2 is 1.57 bits per heavy atom. The van der Waals surface area contributed by atoms with Gasteiger partial charge in [0.05, 0.1) is 25.9 Å². The molecule has 0 heterocycles. The molecule has 0 aliphatic rings. The van der Waals surface area contributed by atoms with Crippen LogP contribution in [0.1, 0.15) is 49.7 Å². The molecule has 8 heteroatoms. The highest BCUT2D eigenvalue weighted by molar-refractivity contribution is 5.95. The molecule has 2 aromatic rings. The van der Waals surface area contributed by atoms with Crippen LogP contribution >= 0.6 is 0 Å². The van der Waals surface area contributed by atoms with E-state index in [0.717, 1.165) is 0 Å². The topological polar surface area (TPSA) is 66.0 Å². The number of amides is 1. The van der Waals surface area contributed by atoms with Crippen LogP contribution < -0.4 is 24.3 Å². The van der Waals surface area contributed by atoms with Crippen LogP contribution in [0.15, 0.2) is 36.4 Å². The Balaban J connectivity index is 2.27. The summed E-state index contributed by atoms with van der Waals surface area (Å²) in [4.78, 5) is 12.9. The Hall–Kier alpha value is -3.03. The smallest absolute Gasteiger partial charge is 0.387 e. The second-order valence-electron chi connectivity index (χ2n) is 6.25. The molecule has 0 saturated carbocycles. The normalized spacial score (nSPS) is 11.7. The van der Waals surface area contributed by atoms with E-state index in [2.05, 4.69) is 10.1 Å². The van der Waals surface area contributed by atoms with Gasteiger partial charge in [-0.05, 0) is 57.5 Å². The van der Waals surface area contributed by atoms with Gasteiger partial charge in [0.15, 0.2) is 11.5 Å². The average molecular weight is 423 g/mol. The van der Waals surface area contributed by atoms with Gasteiger partial charge in [-0.2, -0.15) is 8.78 Å². The molecule has 0 aliphatic heterocycles. The van der Waals surface area contributed by atoms with Gasteiger partial charge in [-0.1, -0.05) is 12.1 Å². The van der Waals surface area contributed by atoms with Crippen molar-refractivity contribution in [2.45, 2.75) is 40.3 Å². The van der Waals surface area contributed by atoms with E-state index in [1.807, 2.05) is 20.8 Å². The van der Waals surface area contributed by atoms with E-state index in [9.17, 15) is 13.6 Å². The molecule has 6 nitrogen and oxygen atoms in total. The standard InChI is InChI=1S/C22H27F2NO5/c1-5-27-18-12-16(13-19(28-6-2)20(18)29-7-3)21(26)25-14(4)15-9-8-10-17(11-15)30-22(23)24/h8-14,22H,5-7H2,1-4H3,(H,25,26). The second-order valence-corrected chi connectivity index (χ2v) is 6.25. The molecule has 0 fully saturated rings. The lowest BCUT2D eigenvalue weighted by atomic mass is 10.1. The minimum Gasteiger partial charge on any atom is -0.490 e. The molecule has 1 amide bonds. The number of nitrogens with one attached hydrogen (secondary N) is 1. The SMILES string of the molecule is CCOc1cc(C(=O)NC(C)c2cccc(OC(F)F)c2)cc(OCC)c1OCC. The molecule has 0 aliphatic carbocycles. The number of rotatable bonds is 11. The van der Waals surface area contributed by atoms with Gasteiger partial charge >= 0.3 is 6.61 Å². The lowest BCUT2D eigenvalue weighted by Gasteiger charge is -2.19. The predicted molar refractivity (Wildman–Crippen MR) is 109 cm³/mol. The number of carbonyl (C=O) groups is 1. The van der Waals surface area contributed by atoms with Crippen molar-refractivity contribution >= 4 is 5.91 Å². The molecule has 1 unspecified atom stereocenters. The zero-order chi connectivity index (χ0) is 22.1. The molecule has 1 N–H and O–H groups in total. The average Bonchev–Trinajstić information content (AvgIpc) is 2.70. The lowest BCUT2D eigenvalue weighted by molar-refractivity contribution is -0.0499. The third-order valence-corrected chi connectivity index (χ3v) is 4.10. The summed E-state index contributed by atoms with van der Waals surface area (Å²) in [6.07, 6.45) is 0. The van der Waals surface area contributed by atoms with Crippen LogP contribution in [0, 0.1) is 0 Å². The largest absolute Gasteiger partial charge is 0.490 e. The number of halogens is 2. The van der Waals surface area contributed by atoms with Gasteiger partial charge < -0.3 is 24.3 Å². The molecule has 0 spiro atoms. The first-order valence-electron chi connectivity index (χ1n) is 9.81. The maximum atomic E-state index is 12.9. The summed E-state index contributed by atoms with van der Waals surface area (Å²) in [5, 5.41) is 2.85. The van der Waals surface area contributed by atoms with Crippen LogP contribution in [0.2, 0.25) is 0 Å². The number of alkyl halides is 2. The van der Waals surface area contributed by atoms with Crippen LogP contribution in [0.4, 0.5) is 8.78 Å². The fraction of sp³-hybridized carbons (Fsp3) is 0.409. The number of ether oxygens (including phenoxy) is 4. The van der Waals surface area contributed by atoms with Crippen molar-refractivity contribution < 1.29 is 32.5 Å². The highest BCUT2D eigenvalue weighted by Crippen LogP contribution is 2.39. The molecule has 1 atom stereocenters. The third kappa shape index (κ3) is 6.23. The fourth-order valence-corrected chi connectivity index (χ4v) is 2.84. The molecule has 0 bridgehead atoms. The van der Waals surface area contributed by atoms with Crippen molar-refractivity contribution in [2.24, 2.45) is 0 Å². The Morgan fingerprint density at radius 1 is 0.967 bits per heavy atom. The van der Waals surface area contributed by atoms with Crippen LogP contribution in [0.5, 0.6) is 23.0 Å². The Morgan fingerprint density at radius 3 is 2.10 bits per heavy atom. The molecule has 2 rings (SSSR count). The summed E-state index contributed by atoms with van der Waals surface area (Å²) in [5.41, 5.74) is 0.958. The molecule has 0 saturated heterocycles. The van der Waals surface area contributed by atoms with E-state index < -0.39 is 12.7 Å². The van der Waals surface area contributed by atoms with Crippen molar-refractivity contribution in [3.05, 3.63) is 47.5 Å². The summed E-state index contributed by atoms with van der Waals surface area (Å²) >= 11 is 0. The van der Waals surface area contributed by atoms with Gasteiger partial charge in [-0.3, -0.25) is 4.79 Å². The number of hydrogen-bond acceptors (Lipinski definition) is 5. The Bertz CT molecular complexity index is 817. The summed E-state index contributed by atoms with van der Waals surface area (Å²) in [6, 6.07) is 8.94. The maximum Gasteiger partial charge on any atom is 0.387 e. The zero-order valence-electron chi connectivity index (χ0n) is 17.5. The number of carbonyl (C=O) groups excluding carboxylic acids is 1. The first-order valence-corrected chi connectivity index (χ1v) is 9.81. The van der Waals surface area contributed by atoms with Gasteiger partial charge in [0.2, 0.25) is 5.75 Å². The second kappa shape index (κ2) is 11.2. The first kappa shape index (κ1) is 23.3. The quantitative estimate of drug-likeness (QED) is 0.553. The molecule has 0 aromatic heterocycles. The monoisotopic (exact) mass is 423 g/mol. The van der Waals surface area contributed by atoms with Crippen molar-refractivity contribution in [2.75, 3.05) is 19.8 Å². The first-order chi connectivity index (χ1) is 14.4. The van der Waals surface area contributed by atoms with Crippen LogP contribution in [-0.4, -0.2) is 32.3 Å². The predicted octanol–water partition coefficient (Wildman–Crippen LogP) is 4.98. The number of hydrogen-bond donors (Lipinski definition) is 1. The van der Waals surface area contributed by atoms with Gasteiger partial charge in [0, 0.05) is 5.56 Å². The van der Waals surface area contributed by atoms with Crippen molar-refractivity contribution in [1.82, 2.24) is 5.32 Å². The van der Waals surface area contributed by atoms with E-state index in [0.29, 0.717) is 48.2 Å². The minimum atomic E-state index is -2.91. The van der Waals surface area contributed by atoms with Crippen LogP contribution in [0.25, 0.3) is 0 Å². The highest BCUT2D eigenvalue weighted by Gasteiger charge is 2.20. The third-order valence-electron chi connectivity index (χ3n) is 4.10. The minimum absolute atomic E-state index is 0.0296. The maximum absolute atomic E-state index is 12.9. The Labute approximate surface area is 175 Å². The van der Waals surface area contributed by atoms with E-state index >= 15 is 0 Å². The van der Waals surface area contributed by atoms with Crippen LogP contribution in [0.3, 0.4) is 0 Å². The summed E-state index contributed by atoms with van der Waals surface area (Å²) in [7, 11) is 0. The van der Waals surface area contributed by atoms with Crippen molar-refractivity contribution in [3.8, 4) is 23.0 Å². The van der Waals surface area contributed by atoms with E-state index in [1.165, 1.54) is 12.1 Å². The molecule has 30 heavy (non-hydrogen) atoms. The van der Waals surface area contributed by atoms with Gasteiger partial charge in [-0.15, -0.1) is 0 Å². The zero-order valence-corrected chi connectivity index (χ0v) is 17.5. The molecule has 2 aromatic carbocycles. The van der Waals surface area contributed by atoms with Crippen molar-refractivity contribution in [3.63, 3.8) is 0 Å². The fourth-order valence-electron chi connectivity index (χ4n) is 2.84. The lowest BCUT2D eigenvalue weighted by Crippen LogP contribution is -2.26. The summed E-state index contributed by atoms with van der Waals surface area (Å²) in [5.74, 6) is 0.933. The van der Waals surface area contributed by atoms with E-state index in [4.69, 9.17) is 14.2 Å². The highest BCUT2D eigenvalue weighted by atomic mass is 19.3. The van der Waals surface area contributed by atoms with Gasteiger partial charge in [-0.25, -0.2) is 0 Å². The summed E-state index contributed by atoms with van der Waals surface area (Å²) in [6.45, 7) is 5.55. The van der Waals surface area contributed by atoms with Crippen LogP contribution in [-0.2, 0) is 0 Å². The van der Waals surface area contributed by atoms with Gasteiger partial charge in [0.25, 0.3) is 5.91 Å². The molecular formula is C22H27F2NO5. The molecule has 164 valence electrons. The van der Waals surface area contributed by atoms with E-state index in [1.54, 1.807) is 31.2 Å².